The molecule has 5 heteroatoms. The lowest BCUT2D eigenvalue weighted by Gasteiger charge is -2.32. The van der Waals surface area contributed by atoms with Crippen LogP contribution in [-0.2, 0) is 18.5 Å². The van der Waals surface area contributed by atoms with Gasteiger partial charge in [0.2, 0.25) is 0 Å². The highest BCUT2D eigenvalue weighted by atomic mass is 16.1. The highest BCUT2D eigenvalue weighted by Gasteiger charge is 2.22. The normalized spacial score (nSPS) is 16.9. The maximum absolute atomic E-state index is 12.2. The van der Waals surface area contributed by atoms with Gasteiger partial charge in [-0.15, -0.1) is 0 Å². The standard InChI is InChI=1S/C20H28N4O/c1-20(2,3)18-6-7-19(25)24(22-18)15-16-8-11-23(12-9-16)14-17-5-4-10-21-13-17/h4-7,10,13,16H,8-9,11-12,14-15H2,1-3H3. The molecule has 0 saturated carbocycles. The molecule has 0 radical (unpaired) electrons. The van der Waals surface area contributed by atoms with Gasteiger partial charge in [0.25, 0.3) is 5.56 Å². The monoisotopic (exact) mass is 340 g/mol. The molecule has 3 rings (SSSR count). The second-order valence-electron chi connectivity index (χ2n) is 8.07. The fourth-order valence-electron chi connectivity index (χ4n) is 3.30. The summed E-state index contributed by atoms with van der Waals surface area (Å²) in [7, 11) is 0. The van der Waals surface area contributed by atoms with Crippen molar-refractivity contribution in [3.63, 3.8) is 0 Å². The fourth-order valence-corrected chi connectivity index (χ4v) is 3.30. The minimum Gasteiger partial charge on any atom is -0.299 e. The van der Waals surface area contributed by atoms with Crippen molar-refractivity contribution in [2.75, 3.05) is 13.1 Å². The predicted octanol–water partition coefficient (Wildman–Crippen LogP) is 2.85. The average molecular weight is 340 g/mol. The van der Waals surface area contributed by atoms with E-state index in [0.29, 0.717) is 5.92 Å². The van der Waals surface area contributed by atoms with Gasteiger partial charge in [-0.25, -0.2) is 4.68 Å². The number of likely N-dealkylation sites (tertiary alicyclic amines) is 1. The molecule has 25 heavy (non-hydrogen) atoms. The molecule has 1 aliphatic rings. The van der Waals surface area contributed by atoms with Crippen molar-refractivity contribution >= 4 is 0 Å². The van der Waals surface area contributed by atoms with Crippen LogP contribution in [0.25, 0.3) is 0 Å². The Morgan fingerprint density at radius 3 is 2.56 bits per heavy atom. The second-order valence-corrected chi connectivity index (χ2v) is 8.07. The zero-order chi connectivity index (χ0) is 17.9. The lowest BCUT2D eigenvalue weighted by atomic mass is 9.92. The van der Waals surface area contributed by atoms with Gasteiger partial charge in [-0.2, -0.15) is 5.10 Å². The molecule has 2 aromatic heterocycles. The third-order valence-electron chi connectivity index (χ3n) is 4.90. The maximum Gasteiger partial charge on any atom is 0.266 e. The van der Waals surface area contributed by atoms with Crippen LogP contribution in [0.2, 0.25) is 0 Å². The first-order valence-electron chi connectivity index (χ1n) is 9.12. The molecule has 134 valence electrons. The summed E-state index contributed by atoms with van der Waals surface area (Å²) in [6.45, 7) is 10.2. The van der Waals surface area contributed by atoms with E-state index in [1.165, 1.54) is 5.56 Å². The van der Waals surface area contributed by atoms with Gasteiger partial charge < -0.3 is 0 Å². The Labute approximate surface area is 149 Å². The quantitative estimate of drug-likeness (QED) is 0.859. The number of nitrogens with zero attached hydrogens (tertiary/aromatic N) is 4. The van der Waals surface area contributed by atoms with Crippen LogP contribution in [0.5, 0.6) is 0 Å². The molecular formula is C20H28N4O. The summed E-state index contributed by atoms with van der Waals surface area (Å²) in [6, 6.07) is 7.63. The molecule has 0 N–H and O–H groups in total. The predicted molar refractivity (Wildman–Crippen MR) is 99.4 cm³/mol. The van der Waals surface area contributed by atoms with Crippen molar-refractivity contribution in [1.29, 1.82) is 0 Å². The van der Waals surface area contributed by atoms with Crippen LogP contribution in [0.4, 0.5) is 0 Å². The molecule has 0 amide bonds. The first-order valence-corrected chi connectivity index (χ1v) is 9.12. The van der Waals surface area contributed by atoms with Gasteiger partial charge in [0.05, 0.1) is 5.69 Å². The Morgan fingerprint density at radius 1 is 1.16 bits per heavy atom. The van der Waals surface area contributed by atoms with Crippen LogP contribution in [0.1, 0.15) is 44.9 Å². The van der Waals surface area contributed by atoms with Crippen LogP contribution in [0.15, 0.2) is 41.5 Å². The lowest BCUT2D eigenvalue weighted by Crippen LogP contribution is -2.37. The zero-order valence-corrected chi connectivity index (χ0v) is 15.5. The van der Waals surface area contributed by atoms with E-state index in [2.05, 4.69) is 41.8 Å². The van der Waals surface area contributed by atoms with Crippen molar-refractivity contribution in [3.05, 3.63) is 58.3 Å². The molecule has 1 fully saturated rings. The number of piperidine rings is 1. The topological polar surface area (TPSA) is 51.0 Å². The molecule has 0 spiro atoms. The van der Waals surface area contributed by atoms with Crippen molar-refractivity contribution in [1.82, 2.24) is 19.7 Å². The Balaban J connectivity index is 1.58. The molecule has 0 aromatic carbocycles. The van der Waals surface area contributed by atoms with E-state index in [1.54, 1.807) is 10.7 Å². The molecule has 5 nitrogen and oxygen atoms in total. The SMILES string of the molecule is CC(C)(C)c1ccc(=O)n(CC2CCN(Cc3cccnc3)CC2)n1. The molecule has 0 unspecified atom stereocenters. The van der Waals surface area contributed by atoms with E-state index in [1.807, 2.05) is 24.5 Å². The van der Waals surface area contributed by atoms with Crippen molar-refractivity contribution in [2.45, 2.75) is 52.1 Å². The summed E-state index contributed by atoms with van der Waals surface area (Å²) in [6.07, 6.45) is 5.96. The zero-order valence-electron chi connectivity index (χ0n) is 15.5. The fraction of sp³-hybridized carbons (Fsp3) is 0.550. The minimum atomic E-state index is -0.0392. The van der Waals surface area contributed by atoms with Crippen molar-refractivity contribution in [2.24, 2.45) is 5.92 Å². The van der Waals surface area contributed by atoms with Crippen molar-refractivity contribution < 1.29 is 0 Å². The first kappa shape index (κ1) is 17.8. The number of aromatic nitrogens is 3. The van der Waals surface area contributed by atoms with Gasteiger partial charge in [0.15, 0.2) is 0 Å². The Hall–Kier alpha value is -2.01. The third kappa shape index (κ3) is 4.75. The summed E-state index contributed by atoms with van der Waals surface area (Å²) in [4.78, 5) is 18.8. The Bertz CT molecular complexity index is 740. The first-order chi connectivity index (χ1) is 11.9. The average Bonchev–Trinajstić information content (AvgIpc) is 2.58. The lowest BCUT2D eigenvalue weighted by molar-refractivity contribution is 0.163. The summed E-state index contributed by atoms with van der Waals surface area (Å²) < 4.78 is 1.67. The highest BCUT2D eigenvalue weighted by Crippen LogP contribution is 2.21. The van der Waals surface area contributed by atoms with Crippen molar-refractivity contribution in [3.8, 4) is 0 Å². The largest absolute Gasteiger partial charge is 0.299 e. The summed E-state index contributed by atoms with van der Waals surface area (Å²) in [5.41, 5.74) is 2.20. The molecule has 0 aliphatic carbocycles. The molecule has 0 bridgehead atoms. The Kier molecular flexibility index (Phi) is 5.33. The molecule has 1 saturated heterocycles. The van der Waals surface area contributed by atoms with E-state index >= 15 is 0 Å². The van der Waals surface area contributed by atoms with Crippen LogP contribution in [-0.4, -0.2) is 32.8 Å². The molecule has 3 heterocycles. The van der Waals surface area contributed by atoms with Gasteiger partial charge >= 0.3 is 0 Å². The van der Waals surface area contributed by atoms with E-state index in [-0.39, 0.29) is 11.0 Å². The van der Waals surface area contributed by atoms with Crippen LogP contribution < -0.4 is 5.56 Å². The van der Waals surface area contributed by atoms with Crippen LogP contribution in [0, 0.1) is 5.92 Å². The van der Waals surface area contributed by atoms with Gasteiger partial charge in [-0.05, 0) is 49.5 Å². The van der Waals surface area contributed by atoms with E-state index in [0.717, 1.165) is 44.7 Å². The number of pyridine rings is 1. The smallest absolute Gasteiger partial charge is 0.266 e. The summed E-state index contributed by atoms with van der Waals surface area (Å²) >= 11 is 0. The van der Waals surface area contributed by atoms with Crippen LogP contribution >= 0.6 is 0 Å². The van der Waals surface area contributed by atoms with Gasteiger partial charge in [0.1, 0.15) is 0 Å². The molecule has 2 aromatic rings. The van der Waals surface area contributed by atoms with E-state index in [4.69, 9.17) is 0 Å². The maximum atomic E-state index is 12.2. The van der Waals surface area contributed by atoms with Gasteiger partial charge in [-0.1, -0.05) is 26.8 Å². The van der Waals surface area contributed by atoms with E-state index < -0.39 is 0 Å². The number of rotatable bonds is 4. The van der Waals surface area contributed by atoms with Gasteiger partial charge in [-0.3, -0.25) is 14.7 Å². The van der Waals surface area contributed by atoms with Gasteiger partial charge in [0, 0.05) is 37.0 Å². The number of hydrogen-bond donors (Lipinski definition) is 0. The second kappa shape index (κ2) is 7.48. The molecule has 1 aliphatic heterocycles. The molecular weight excluding hydrogens is 312 g/mol. The Morgan fingerprint density at radius 2 is 1.92 bits per heavy atom. The summed E-state index contributed by atoms with van der Waals surface area (Å²) in [5, 5.41) is 4.61. The minimum absolute atomic E-state index is 0.00536. The summed E-state index contributed by atoms with van der Waals surface area (Å²) in [5.74, 6) is 0.519. The third-order valence-corrected chi connectivity index (χ3v) is 4.90. The number of hydrogen-bond acceptors (Lipinski definition) is 4. The molecule has 0 atom stereocenters. The van der Waals surface area contributed by atoms with Crippen LogP contribution in [0.3, 0.4) is 0 Å². The highest BCUT2D eigenvalue weighted by molar-refractivity contribution is 5.11. The van der Waals surface area contributed by atoms with E-state index in [9.17, 15) is 4.79 Å².